The van der Waals surface area contributed by atoms with Crippen molar-refractivity contribution in [1.29, 1.82) is 0 Å². The number of benzene rings is 2. The van der Waals surface area contributed by atoms with Gasteiger partial charge in [0.2, 0.25) is 0 Å². The zero-order valence-electron chi connectivity index (χ0n) is 16.5. The Morgan fingerprint density at radius 3 is 2.48 bits per heavy atom. The van der Waals surface area contributed by atoms with E-state index in [1.54, 1.807) is 0 Å². The molecule has 1 fully saturated rings. The Morgan fingerprint density at radius 2 is 1.76 bits per heavy atom. The van der Waals surface area contributed by atoms with Crippen molar-refractivity contribution in [3.63, 3.8) is 0 Å². The summed E-state index contributed by atoms with van der Waals surface area (Å²) >= 11 is 0. The number of Topliss-reactive ketones (excluding diaryl/α,β-unsaturated/α-hetero) is 1. The topological polar surface area (TPSA) is 65.2 Å². The molecule has 0 radical (unpaired) electrons. The first-order valence-electron chi connectivity index (χ1n) is 10.2. The van der Waals surface area contributed by atoms with Crippen LogP contribution in [0, 0.1) is 0 Å². The lowest BCUT2D eigenvalue weighted by molar-refractivity contribution is 0.0853. The van der Waals surface area contributed by atoms with Gasteiger partial charge in [0.05, 0.1) is 0 Å². The number of aryl methyl sites for hydroxylation is 1. The summed E-state index contributed by atoms with van der Waals surface area (Å²) in [6, 6.07) is 20.0. The van der Waals surface area contributed by atoms with E-state index in [4.69, 9.17) is 10.5 Å². The molecule has 2 N–H and O–H groups in total. The molecule has 4 rings (SSSR count). The van der Waals surface area contributed by atoms with Crippen molar-refractivity contribution in [3.05, 3.63) is 83.6 Å². The second-order valence-corrected chi connectivity index (χ2v) is 7.57. The molecule has 0 bridgehead atoms. The molecule has 0 atom stereocenters. The van der Waals surface area contributed by atoms with Crippen LogP contribution in [0.4, 0.5) is 5.82 Å². The minimum absolute atomic E-state index is 0.155. The van der Waals surface area contributed by atoms with E-state index in [1.807, 2.05) is 48.7 Å². The first-order valence-corrected chi connectivity index (χ1v) is 10.2. The molecule has 1 aliphatic heterocycles. The molecule has 1 aliphatic rings. The number of hydrogen-bond acceptors (Lipinski definition) is 4. The highest BCUT2D eigenvalue weighted by atomic mass is 16.5. The third-order valence-corrected chi connectivity index (χ3v) is 5.63. The fourth-order valence-electron chi connectivity index (χ4n) is 3.86. The molecule has 148 valence electrons. The molecule has 4 nitrogen and oxygen atoms in total. The SMILES string of the molecule is Nc1ncc(C2CCOCC2)cc1-c1ccc(C(=O)CCc2ccccc2)cc1. The van der Waals surface area contributed by atoms with Crippen LogP contribution in [0.25, 0.3) is 11.1 Å². The molecule has 4 heteroatoms. The number of nitrogen functional groups attached to an aromatic ring is 1. The summed E-state index contributed by atoms with van der Waals surface area (Å²) in [5.41, 5.74) is 11.2. The van der Waals surface area contributed by atoms with Crippen LogP contribution < -0.4 is 5.73 Å². The van der Waals surface area contributed by atoms with Crippen molar-refractivity contribution >= 4 is 11.6 Å². The molecule has 0 unspecified atom stereocenters. The number of carbonyl (C=O) groups is 1. The number of nitrogens with zero attached hydrogens (tertiary/aromatic N) is 1. The molecule has 1 saturated heterocycles. The highest BCUT2D eigenvalue weighted by Gasteiger charge is 2.18. The molecule has 2 aromatic carbocycles. The molecule has 0 spiro atoms. The lowest BCUT2D eigenvalue weighted by Gasteiger charge is -2.22. The maximum absolute atomic E-state index is 12.5. The third-order valence-electron chi connectivity index (χ3n) is 5.63. The maximum atomic E-state index is 12.5. The van der Waals surface area contributed by atoms with Crippen molar-refractivity contribution in [1.82, 2.24) is 4.98 Å². The van der Waals surface area contributed by atoms with Crippen LogP contribution >= 0.6 is 0 Å². The summed E-state index contributed by atoms with van der Waals surface area (Å²) in [4.78, 5) is 17.0. The van der Waals surface area contributed by atoms with E-state index in [0.29, 0.717) is 18.2 Å². The van der Waals surface area contributed by atoms with Gasteiger partial charge < -0.3 is 10.5 Å². The number of aromatic nitrogens is 1. The fraction of sp³-hybridized carbons (Fsp3) is 0.280. The van der Waals surface area contributed by atoms with Gasteiger partial charge in [0.1, 0.15) is 5.82 Å². The van der Waals surface area contributed by atoms with Gasteiger partial charge in [-0.1, -0.05) is 54.6 Å². The second-order valence-electron chi connectivity index (χ2n) is 7.57. The van der Waals surface area contributed by atoms with Crippen molar-refractivity contribution in [2.24, 2.45) is 0 Å². The lowest BCUT2D eigenvalue weighted by Crippen LogP contribution is -2.14. The highest BCUT2D eigenvalue weighted by Crippen LogP contribution is 2.32. The first-order chi connectivity index (χ1) is 14.2. The van der Waals surface area contributed by atoms with E-state index in [-0.39, 0.29) is 5.78 Å². The van der Waals surface area contributed by atoms with E-state index in [1.165, 1.54) is 11.1 Å². The Hall–Kier alpha value is -2.98. The van der Waals surface area contributed by atoms with Gasteiger partial charge in [0, 0.05) is 37.0 Å². The first kappa shape index (κ1) is 19.3. The van der Waals surface area contributed by atoms with Crippen molar-refractivity contribution in [2.75, 3.05) is 18.9 Å². The zero-order chi connectivity index (χ0) is 20.1. The molecule has 0 saturated carbocycles. The Bertz CT molecular complexity index is 962. The summed E-state index contributed by atoms with van der Waals surface area (Å²) < 4.78 is 5.47. The number of rotatable bonds is 6. The van der Waals surface area contributed by atoms with Crippen LogP contribution in [0.15, 0.2) is 66.9 Å². The smallest absolute Gasteiger partial charge is 0.163 e. The van der Waals surface area contributed by atoms with Crippen LogP contribution in [0.2, 0.25) is 0 Å². The number of carbonyl (C=O) groups excluding carboxylic acids is 1. The number of ether oxygens (including phenoxy) is 1. The maximum Gasteiger partial charge on any atom is 0.163 e. The average Bonchev–Trinajstić information content (AvgIpc) is 2.79. The quantitative estimate of drug-likeness (QED) is 0.603. The van der Waals surface area contributed by atoms with Crippen molar-refractivity contribution < 1.29 is 9.53 Å². The predicted molar refractivity (Wildman–Crippen MR) is 116 cm³/mol. The highest BCUT2D eigenvalue weighted by molar-refractivity contribution is 5.96. The molecule has 29 heavy (non-hydrogen) atoms. The van der Waals surface area contributed by atoms with E-state index < -0.39 is 0 Å². The zero-order valence-corrected chi connectivity index (χ0v) is 16.5. The standard InChI is InChI=1S/C25H26N2O2/c26-25-23(16-22(17-27-25)19-12-14-29-15-13-19)20-7-9-21(10-8-20)24(28)11-6-18-4-2-1-3-5-18/h1-5,7-10,16-17,19H,6,11-15H2,(H2,26,27). The lowest BCUT2D eigenvalue weighted by atomic mass is 9.91. The van der Waals surface area contributed by atoms with E-state index in [2.05, 4.69) is 23.2 Å². The van der Waals surface area contributed by atoms with Crippen LogP contribution in [0.3, 0.4) is 0 Å². The van der Waals surface area contributed by atoms with Gasteiger partial charge in [0.15, 0.2) is 5.78 Å². The number of ketones is 1. The average molecular weight is 386 g/mol. The third kappa shape index (κ3) is 4.72. The predicted octanol–water partition coefficient (Wildman–Crippen LogP) is 5.04. The fourth-order valence-corrected chi connectivity index (χ4v) is 3.86. The van der Waals surface area contributed by atoms with Crippen LogP contribution in [0.1, 0.15) is 46.7 Å². The number of pyridine rings is 1. The summed E-state index contributed by atoms with van der Waals surface area (Å²) in [5, 5.41) is 0. The molecule has 0 aliphatic carbocycles. The van der Waals surface area contributed by atoms with Gasteiger partial charge in [-0.05, 0) is 47.9 Å². The van der Waals surface area contributed by atoms with E-state index in [0.717, 1.165) is 49.2 Å². The molecular weight excluding hydrogens is 360 g/mol. The molecule has 3 aromatic rings. The normalized spacial score (nSPS) is 14.6. The number of anilines is 1. The van der Waals surface area contributed by atoms with Crippen molar-refractivity contribution in [3.8, 4) is 11.1 Å². The Kier molecular flexibility index (Phi) is 6.01. The van der Waals surface area contributed by atoms with Crippen LogP contribution in [-0.2, 0) is 11.2 Å². The minimum Gasteiger partial charge on any atom is -0.383 e. The summed E-state index contributed by atoms with van der Waals surface area (Å²) in [6.45, 7) is 1.59. The summed E-state index contributed by atoms with van der Waals surface area (Å²) in [6.07, 6.45) is 5.17. The monoisotopic (exact) mass is 386 g/mol. The molecule has 2 heterocycles. The van der Waals surface area contributed by atoms with Gasteiger partial charge in [-0.15, -0.1) is 0 Å². The van der Waals surface area contributed by atoms with Gasteiger partial charge >= 0.3 is 0 Å². The second kappa shape index (κ2) is 9.01. The van der Waals surface area contributed by atoms with Gasteiger partial charge in [-0.2, -0.15) is 0 Å². The van der Waals surface area contributed by atoms with E-state index >= 15 is 0 Å². The Labute approximate surface area is 171 Å². The largest absolute Gasteiger partial charge is 0.383 e. The summed E-state index contributed by atoms with van der Waals surface area (Å²) in [7, 11) is 0. The molecular formula is C25H26N2O2. The van der Waals surface area contributed by atoms with Crippen LogP contribution in [-0.4, -0.2) is 24.0 Å². The summed E-state index contributed by atoms with van der Waals surface area (Å²) in [5.74, 6) is 1.14. The van der Waals surface area contributed by atoms with Crippen LogP contribution in [0.5, 0.6) is 0 Å². The minimum atomic E-state index is 0.155. The van der Waals surface area contributed by atoms with Crippen molar-refractivity contribution in [2.45, 2.75) is 31.6 Å². The van der Waals surface area contributed by atoms with E-state index in [9.17, 15) is 4.79 Å². The molecule has 1 aromatic heterocycles. The van der Waals surface area contributed by atoms with Gasteiger partial charge in [-0.25, -0.2) is 4.98 Å². The number of nitrogens with two attached hydrogens (primary N) is 1. The van der Waals surface area contributed by atoms with Gasteiger partial charge in [-0.3, -0.25) is 4.79 Å². The Balaban J connectivity index is 1.48. The number of hydrogen-bond donors (Lipinski definition) is 1. The van der Waals surface area contributed by atoms with Gasteiger partial charge in [0.25, 0.3) is 0 Å². The molecule has 0 amide bonds. The Morgan fingerprint density at radius 1 is 1.03 bits per heavy atom.